The molecule has 4 nitrogen and oxygen atoms in total. The van der Waals surface area contributed by atoms with E-state index in [-0.39, 0.29) is 17.2 Å². The number of rotatable bonds is 2. The molecule has 1 rings (SSSR count). The SMILES string of the molecule is COc1ccc(NC(=O)C(F)(F)F)cc1O. The number of carbonyl (C=O) groups excluding carboxylic acids is 1. The Balaban J connectivity index is 2.84. The molecule has 1 amide bonds. The van der Waals surface area contributed by atoms with Gasteiger partial charge in [0.2, 0.25) is 0 Å². The van der Waals surface area contributed by atoms with E-state index in [0.717, 1.165) is 6.07 Å². The van der Waals surface area contributed by atoms with Gasteiger partial charge in [-0.1, -0.05) is 0 Å². The van der Waals surface area contributed by atoms with Crippen LogP contribution in [0, 0.1) is 0 Å². The molecule has 0 aliphatic rings. The summed E-state index contributed by atoms with van der Waals surface area (Å²) in [4.78, 5) is 10.6. The zero-order valence-corrected chi connectivity index (χ0v) is 8.13. The fourth-order valence-electron chi connectivity index (χ4n) is 0.970. The minimum absolute atomic E-state index is 0.102. The molecular weight excluding hydrogens is 227 g/mol. The van der Waals surface area contributed by atoms with Crippen LogP contribution in [0.2, 0.25) is 0 Å². The van der Waals surface area contributed by atoms with Gasteiger partial charge in [0.1, 0.15) is 0 Å². The van der Waals surface area contributed by atoms with E-state index in [2.05, 4.69) is 4.74 Å². The first-order valence-corrected chi connectivity index (χ1v) is 4.10. The van der Waals surface area contributed by atoms with Crippen molar-refractivity contribution in [3.05, 3.63) is 18.2 Å². The molecular formula is C9H8F3NO3. The molecule has 0 saturated carbocycles. The summed E-state index contributed by atoms with van der Waals surface area (Å²) in [6, 6.07) is 3.38. The Morgan fingerprint density at radius 2 is 2.06 bits per heavy atom. The van der Waals surface area contributed by atoms with Crippen LogP contribution < -0.4 is 10.1 Å². The molecule has 1 aromatic carbocycles. The molecule has 0 unspecified atom stereocenters. The topological polar surface area (TPSA) is 58.6 Å². The average molecular weight is 235 g/mol. The summed E-state index contributed by atoms with van der Waals surface area (Å²) >= 11 is 0. The van der Waals surface area contributed by atoms with Gasteiger partial charge in [0.15, 0.2) is 11.5 Å². The number of alkyl halides is 3. The van der Waals surface area contributed by atoms with Crippen molar-refractivity contribution < 1.29 is 27.8 Å². The Labute approximate surface area is 88.6 Å². The Bertz CT molecular complexity index is 403. The van der Waals surface area contributed by atoms with Crippen molar-refractivity contribution in [1.29, 1.82) is 0 Å². The van der Waals surface area contributed by atoms with Gasteiger partial charge in [-0.15, -0.1) is 0 Å². The third-order valence-electron chi connectivity index (χ3n) is 1.69. The van der Waals surface area contributed by atoms with E-state index in [1.807, 2.05) is 0 Å². The van der Waals surface area contributed by atoms with E-state index in [9.17, 15) is 23.1 Å². The molecule has 0 radical (unpaired) electrons. The zero-order valence-electron chi connectivity index (χ0n) is 8.13. The molecule has 0 saturated heterocycles. The van der Waals surface area contributed by atoms with Gasteiger partial charge < -0.3 is 15.2 Å². The number of phenolic OH excluding ortho intramolecular Hbond substituents is 1. The summed E-state index contributed by atoms with van der Waals surface area (Å²) in [5, 5.41) is 10.8. The van der Waals surface area contributed by atoms with Gasteiger partial charge in [-0.05, 0) is 12.1 Å². The first-order chi connectivity index (χ1) is 7.34. The molecule has 0 bridgehead atoms. The second kappa shape index (κ2) is 4.30. The molecule has 0 aromatic heterocycles. The third kappa shape index (κ3) is 2.78. The Kier molecular flexibility index (Phi) is 3.26. The number of benzene rings is 1. The van der Waals surface area contributed by atoms with Crippen LogP contribution >= 0.6 is 0 Å². The molecule has 0 heterocycles. The number of aromatic hydroxyl groups is 1. The van der Waals surface area contributed by atoms with E-state index in [0.29, 0.717) is 0 Å². The number of halogens is 3. The third-order valence-corrected chi connectivity index (χ3v) is 1.69. The summed E-state index contributed by atoms with van der Waals surface area (Å²) in [6.45, 7) is 0. The second-order valence-electron chi connectivity index (χ2n) is 2.84. The quantitative estimate of drug-likeness (QED) is 0.823. The van der Waals surface area contributed by atoms with Crippen molar-refractivity contribution in [3.8, 4) is 11.5 Å². The number of carbonyl (C=O) groups is 1. The summed E-state index contributed by atoms with van der Waals surface area (Å²) in [5.74, 6) is -2.36. The lowest BCUT2D eigenvalue weighted by Crippen LogP contribution is -2.29. The van der Waals surface area contributed by atoms with Crippen molar-refractivity contribution in [2.45, 2.75) is 6.18 Å². The lowest BCUT2D eigenvalue weighted by Gasteiger charge is -2.09. The Morgan fingerprint density at radius 1 is 1.44 bits per heavy atom. The standard InChI is InChI=1S/C9H8F3NO3/c1-16-7-3-2-5(4-6(7)14)13-8(15)9(10,11)12/h2-4,14H,1H3,(H,13,15). The molecule has 0 aliphatic heterocycles. The highest BCUT2D eigenvalue weighted by molar-refractivity contribution is 5.95. The largest absolute Gasteiger partial charge is 0.504 e. The predicted octanol–water partition coefficient (Wildman–Crippen LogP) is 1.90. The van der Waals surface area contributed by atoms with Crippen LogP contribution in [0.4, 0.5) is 18.9 Å². The van der Waals surface area contributed by atoms with Gasteiger partial charge in [-0.25, -0.2) is 0 Å². The Morgan fingerprint density at radius 3 is 2.50 bits per heavy atom. The van der Waals surface area contributed by atoms with E-state index in [4.69, 9.17) is 0 Å². The zero-order chi connectivity index (χ0) is 12.3. The summed E-state index contributed by atoms with van der Waals surface area (Å²) in [5.41, 5.74) is -0.166. The molecule has 0 spiro atoms. The van der Waals surface area contributed by atoms with Crippen LogP contribution in [-0.4, -0.2) is 24.3 Å². The molecule has 0 fully saturated rings. The summed E-state index contributed by atoms with van der Waals surface area (Å²) < 4.78 is 40.3. The van der Waals surface area contributed by atoms with Crippen LogP contribution in [0.3, 0.4) is 0 Å². The monoisotopic (exact) mass is 235 g/mol. The number of methoxy groups -OCH3 is 1. The van der Waals surface area contributed by atoms with Gasteiger partial charge in [0.25, 0.3) is 0 Å². The van der Waals surface area contributed by atoms with Crippen molar-refractivity contribution in [2.24, 2.45) is 0 Å². The van der Waals surface area contributed by atoms with Gasteiger partial charge in [-0.2, -0.15) is 13.2 Å². The number of amides is 1. The fourth-order valence-corrected chi connectivity index (χ4v) is 0.970. The highest BCUT2D eigenvalue weighted by Crippen LogP contribution is 2.29. The molecule has 1 aromatic rings. The van der Waals surface area contributed by atoms with Crippen LogP contribution in [0.25, 0.3) is 0 Å². The van der Waals surface area contributed by atoms with Gasteiger partial charge in [0, 0.05) is 11.8 Å². The Hall–Kier alpha value is -1.92. The molecule has 16 heavy (non-hydrogen) atoms. The molecule has 2 N–H and O–H groups in total. The van der Waals surface area contributed by atoms with Crippen molar-refractivity contribution in [1.82, 2.24) is 0 Å². The van der Waals surface area contributed by atoms with E-state index in [1.165, 1.54) is 19.2 Å². The smallest absolute Gasteiger partial charge is 0.471 e. The van der Waals surface area contributed by atoms with Crippen LogP contribution in [0.1, 0.15) is 0 Å². The highest BCUT2D eigenvalue weighted by Gasteiger charge is 2.38. The van der Waals surface area contributed by atoms with Crippen LogP contribution in [0.15, 0.2) is 18.2 Å². The minimum Gasteiger partial charge on any atom is -0.504 e. The van der Waals surface area contributed by atoms with Crippen molar-refractivity contribution in [3.63, 3.8) is 0 Å². The van der Waals surface area contributed by atoms with Gasteiger partial charge >= 0.3 is 12.1 Å². The summed E-state index contributed by atoms with van der Waals surface area (Å²) in [7, 11) is 1.29. The molecule has 0 atom stereocenters. The minimum atomic E-state index is -4.96. The van der Waals surface area contributed by atoms with Crippen LogP contribution in [-0.2, 0) is 4.79 Å². The van der Waals surface area contributed by atoms with Crippen molar-refractivity contribution >= 4 is 11.6 Å². The number of hydrogen-bond donors (Lipinski definition) is 2. The maximum atomic E-state index is 11.9. The van der Waals surface area contributed by atoms with Crippen LogP contribution in [0.5, 0.6) is 11.5 Å². The fraction of sp³-hybridized carbons (Fsp3) is 0.222. The lowest BCUT2D eigenvalue weighted by molar-refractivity contribution is -0.167. The first kappa shape index (κ1) is 12.2. The van der Waals surface area contributed by atoms with E-state index >= 15 is 0 Å². The lowest BCUT2D eigenvalue weighted by atomic mass is 10.2. The number of hydrogen-bond acceptors (Lipinski definition) is 3. The molecule has 7 heteroatoms. The number of nitrogens with one attached hydrogen (secondary N) is 1. The van der Waals surface area contributed by atoms with Crippen molar-refractivity contribution in [2.75, 3.05) is 12.4 Å². The number of phenols is 1. The highest BCUT2D eigenvalue weighted by atomic mass is 19.4. The van der Waals surface area contributed by atoms with E-state index in [1.54, 1.807) is 5.32 Å². The van der Waals surface area contributed by atoms with Gasteiger partial charge in [-0.3, -0.25) is 4.79 Å². The van der Waals surface area contributed by atoms with Gasteiger partial charge in [0.05, 0.1) is 7.11 Å². The maximum absolute atomic E-state index is 11.9. The summed E-state index contributed by atoms with van der Waals surface area (Å²) in [6.07, 6.45) is -4.96. The predicted molar refractivity (Wildman–Crippen MR) is 49.3 cm³/mol. The first-order valence-electron chi connectivity index (χ1n) is 4.10. The normalized spacial score (nSPS) is 11.0. The second-order valence-corrected chi connectivity index (χ2v) is 2.84. The maximum Gasteiger partial charge on any atom is 0.471 e. The van der Waals surface area contributed by atoms with E-state index < -0.39 is 12.1 Å². The molecule has 0 aliphatic carbocycles. The average Bonchev–Trinajstić information content (AvgIpc) is 2.16. The molecule has 88 valence electrons. The number of ether oxygens (including phenoxy) is 1. The number of anilines is 1.